The Bertz CT molecular complexity index is 515. The summed E-state index contributed by atoms with van der Waals surface area (Å²) in [5.41, 5.74) is 1.11. The summed E-state index contributed by atoms with van der Waals surface area (Å²) >= 11 is 0. The van der Waals surface area contributed by atoms with E-state index in [1.54, 1.807) is 12.0 Å². The summed E-state index contributed by atoms with van der Waals surface area (Å²) in [6, 6.07) is 7.52. The molecule has 1 heterocycles. The lowest BCUT2D eigenvalue weighted by atomic mass is 9.99. The number of nitrogens with one attached hydrogen (secondary N) is 1. The first-order chi connectivity index (χ1) is 10.6. The van der Waals surface area contributed by atoms with Crippen LogP contribution in [0.3, 0.4) is 0 Å². The summed E-state index contributed by atoms with van der Waals surface area (Å²) in [5.74, 6) is -0.461. The predicted molar refractivity (Wildman–Crippen MR) is 82.0 cm³/mol. The highest BCUT2D eigenvalue weighted by atomic mass is 16.5. The highest BCUT2D eigenvalue weighted by Gasteiger charge is 2.27. The average molecular weight is 306 g/mol. The second-order valence-electron chi connectivity index (χ2n) is 5.45. The molecule has 0 spiro atoms. The monoisotopic (exact) mass is 306 g/mol. The summed E-state index contributed by atoms with van der Waals surface area (Å²) in [6.07, 6.45) is 2.11. The zero-order valence-electron chi connectivity index (χ0n) is 12.7. The fourth-order valence-electron chi connectivity index (χ4n) is 2.58. The Morgan fingerprint density at radius 2 is 2.09 bits per heavy atom. The van der Waals surface area contributed by atoms with E-state index in [4.69, 9.17) is 9.84 Å². The number of rotatable bonds is 5. The number of carbonyl (C=O) groups is 2. The largest absolute Gasteiger partial charge is 0.497 e. The van der Waals surface area contributed by atoms with Crippen LogP contribution >= 0.6 is 0 Å². The molecule has 2 amide bonds. The molecule has 22 heavy (non-hydrogen) atoms. The Kier molecular flexibility index (Phi) is 5.63. The fourth-order valence-corrected chi connectivity index (χ4v) is 2.58. The van der Waals surface area contributed by atoms with Crippen LogP contribution in [0.5, 0.6) is 5.75 Å². The van der Waals surface area contributed by atoms with Crippen molar-refractivity contribution < 1.29 is 19.4 Å². The van der Waals surface area contributed by atoms with Crippen molar-refractivity contribution in [3.05, 3.63) is 29.8 Å². The minimum Gasteiger partial charge on any atom is -0.497 e. The summed E-state index contributed by atoms with van der Waals surface area (Å²) in [4.78, 5) is 24.7. The first kappa shape index (κ1) is 16.1. The number of piperidine rings is 1. The third kappa shape index (κ3) is 4.38. The molecule has 2 rings (SSSR count). The van der Waals surface area contributed by atoms with Gasteiger partial charge in [-0.25, -0.2) is 4.79 Å². The Hall–Kier alpha value is -2.24. The fraction of sp³-hybridized carbons (Fsp3) is 0.500. The van der Waals surface area contributed by atoms with Crippen molar-refractivity contribution in [3.63, 3.8) is 0 Å². The number of hydrogen-bond acceptors (Lipinski definition) is 3. The predicted octanol–water partition coefficient (Wildman–Crippen LogP) is 1.74. The number of aliphatic carboxylic acids is 1. The van der Waals surface area contributed by atoms with Gasteiger partial charge < -0.3 is 20.1 Å². The van der Waals surface area contributed by atoms with Gasteiger partial charge in [0.1, 0.15) is 5.75 Å². The number of carboxylic acid groups (broad SMARTS) is 1. The smallest absolute Gasteiger partial charge is 0.317 e. The lowest BCUT2D eigenvalue weighted by Gasteiger charge is -2.30. The minimum atomic E-state index is -0.823. The first-order valence-electron chi connectivity index (χ1n) is 7.48. The van der Waals surface area contributed by atoms with Crippen LogP contribution in [-0.2, 0) is 11.2 Å². The van der Waals surface area contributed by atoms with Crippen LogP contribution in [0, 0.1) is 5.92 Å². The van der Waals surface area contributed by atoms with Gasteiger partial charge in [-0.3, -0.25) is 4.79 Å². The van der Waals surface area contributed by atoms with Crippen LogP contribution in [0.15, 0.2) is 24.3 Å². The van der Waals surface area contributed by atoms with E-state index in [-0.39, 0.29) is 6.03 Å². The first-order valence-corrected chi connectivity index (χ1v) is 7.48. The maximum Gasteiger partial charge on any atom is 0.317 e. The number of carbonyl (C=O) groups excluding carboxylic acids is 1. The van der Waals surface area contributed by atoms with Gasteiger partial charge in [0.15, 0.2) is 0 Å². The molecule has 1 aromatic carbocycles. The summed E-state index contributed by atoms with van der Waals surface area (Å²) in [7, 11) is 1.62. The van der Waals surface area contributed by atoms with Crippen molar-refractivity contribution in [2.75, 3.05) is 26.7 Å². The standard InChI is InChI=1S/C16H22N2O4/c1-22-14-6-4-12(5-7-14)8-9-17-16(21)18-10-2-3-13(11-18)15(19)20/h4-7,13H,2-3,8-11H2,1H3,(H,17,21)(H,19,20). The maximum absolute atomic E-state index is 12.1. The lowest BCUT2D eigenvalue weighted by Crippen LogP contribution is -2.47. The van der Waals surface area contributed by atoms with Crippen LogP contribution in [0.25, 0.3) is 0 Å². The van der Waals surface area contributed by atoms with E-state index < -0.39 is 11.9 Å². The Balaban J connectivity index is 1.76. The quantitative estimate of drug-likeness (QED) is 0.868. The summed E-state index contributed by atoms with van der Waals surface area (Å²) in [5, 5.41) is 11.9. The Morgan fingerprint density at radius 1 is 1.36 bits per heavy atom. The maximum atomic E-state index is 12.1. The number of urea groups is 1. The number of nitrogens with zero attached hydrogens (tertiary/aromatic N) is 1. The number of methoxy groups -OCH3 is 1. The molecule has 1 atom stereocenters. The number of hydrogen-bond donors (Lipinski definition) is 2. The molecule has 1 aliphatic heterocycles. The molecule has 6 heteroatoms. The van der Waals surface area contributed by atoms with E-state index in [0.29, 0.717) is 26.1 Å². The zero-order chi connectivity index (χ0) is 15.9. The van der Waals surface area contributed by atoms with Gasteiger partial charge in [-0.05, 0) is 37.0 Å². The molecule has 1 unspecified atom stereocenters. The van der Waals surface area contributed by atoms with E-state index in [1.807, 2.05) is 24.3 Å². The molecule has 0 aliphatic carbocycles. The topological polar surface area (TPSA) is 78.9 Å². The molecule has 2 N–H and O–H groups in total. The van der Waals surface area contributed by atoms with Gasteiger partial charge in [0.05, 0.1) is 13.0 Å². The third-order valence-electron chi connectivity index (χ3n) is 3.91. The van der Waals surface area contributed by atoms with Gasteiger partial charge in [0.2, 0.25) is 0 Å². The number of benzene rings is 1. The number of likely N-dealkylation sites (tertiary alicyclic amines) is 1. The van der Waals surface area contributed by atoms with E-state index in [1.165, 1.54) is 0 Å². The molecule has 0 bridgehead atoms. The molecule has 1 saturated heterocycles. The van der Waals surface area contributed by atoms with Gasteiger partial charge in [-0.15, -0.1) is 0 Å². The van der Waals surface area contributed by atoms with Crippen molar-refractivity contribution >= 4 is 12.0 Å². The van der Waals surface area contributed by atoms with E-state index >= 15 is 0 Å². The Labute approximate surface area is 130 Å². The van der Waals surface area contributed by atoms with Gasteiger partial charge >= 0.3 is 12.0 Å². The molecule has 0 radical (unpaired) electrons. The van der Waals surface area contributed by atoms with Gasteiger partial charge in [0.25, 0.3) is 0 Å². The third-order valence-corrected chi connectivity index (χ3v) is 3.91. The molecule has 6 nitrogen and oxygen atoms in total. The van der Waals surface area contributed by atoms with Crippen molar-refractivity contribution in [2.45, 2.75) is 19.3 Å². The zero-order valence-corrected chi connectivity index (χ0v) is 12.7. The van der Waals surface area contributed by atoms with Crippen LogP contribution in [0.4, 0.5) is 4.79 Å². The van der Waals surface area contributed by atoms with Crippen molar-refractivity contribution in [2.24, 2.45) is 5.92 Å². The van der Waals surface area contributed by atoms with Crippen molar-refractivity contribution in [3.8, 4) is 5.75 Å². The van der Waals surface area contributed by atoms with Crippen LogP contribution in [-0.4, -0.2) is 48.8 Å². The molecule has 0 saturated carbocycles. The van der Waals surface area contributed by atoms with Gasteiger partial charge in [0, 0.05) is 19.6 Å². The van der Waals surface area contributed by atoms with Crippen molar-refractivity contribution in [1.29, 1.82) is 0 Å². The van der Waals surface area contributed by atoms with E-state index in [9.17, 15) is 9.59 Å². The number of ether oxygens (including phenoxy) is 1. The van der Waals surface area contributed by atoms with Crippen LogP contribution in [0.2, 0.25) is 0 Å². The summed E-state index contributed by atoms with van der Waals surface area (Å²) < 4.78 is 5.10. The number of amides is 2. The molecular formula is C16H22N2O4. The molecule has 1 aromatic rings. The van der Waals surface area contributed by atoms with E-state index in [2.05, 4.69) is 5.32 Å². The van der Waals surface area contributed by atoms with Gasteiger partial charge in [-0.2, -0.15) is 0 Å². The molecule has 1 fully saturated rings. The number of carboxylic acids is 1. The second kappa shape index (κ2) is 7.68. The second-order valence-corrected chi connectivity index (χ2v) is 5.45. The van der Waals surface area contributed by atoms with Crippen molar-refractivity contribution in [1.82, 2.24) is 10.2 Å². The minimum absolute atomic E-state index is 0.181. The Morgan fingerprint density at radius 3 is 2.73 bits per heavy atom. The lowest BCUT2D eigenvalue weighted by molar-refractivity contribution is -0.143. The normalized spacial score (nSPS) is 17.9. The molecule has 0 aromatic heterocycles. The highest BCUT2D eigenvalue weighted by molar-refractivity contribution is 5.76. The van der Waals surface area contributed by atoms with Gasteiger partial charge in [-0.1, -0.05) is 12.1 Å². The molecule has 1 aliphatic rings. The average Bonchev–Trinajstić information content (AvgIpc) is 2.55. The summed E-state index contributed by atoms with van der Waals surface area (Å²) in [6.45, 7) is 1.45. The molecule has 120 valence electrons. The highest BCUT2D eigenvalue weighted by Crippen LogP contribution is 2.16. The van der Waals surface area contributed by atoms with E-state index in [0.717, 1.165) is 24.2 Å². The van der Waals surface area contributed by atoms with Crippen LogP contribution < -0.4 is 10.1 Å². The van der Waals surface area contributed by atoms with Crippen LogP contribution in [0.1, 0.15) is 18.4 Å². The SMILES string of the molecule is COc1ccc(CCNC(=O)N2CCCC(C(=O)O)C2)cc1. The molecular weight excluding hydrogens is 284 g/mol.